The zero-order chi connectivity index (χ0) is 15.4. The number of para-hydroxylation sites is 1. The number of benzene rings is 1. The molecule has 1 atom stereocenters. The van der Waals surface area contributed by atoms with Crippen LogP contribution in [0.4, 0.5) is 10.1 Å². The zero-order valence-corrected chi connectivity index (χ0v) is 12.4. The van der Waals surface area contributed by atoms with Crippen LogP contribution in [0.15, 0.2) is 18.2 Å². The molecule has 0 bridgehead atoms. The van der Waals surface area contributed by atoms with Crippen LogP contribution in [0.1, 0.15) is 19.4 Å². The number of nitrogens with zero attached hydrogens (tertiary/aromatic N) is 1. The third kappa shape index (κ3) is 3.71. The number of amides is 1. The van der Waals surface area contributed by atoms with Crippen molar-refractivity contribution >= 4 is 11.6 Å². The number of ether oxygens (including phenoxy) is 1. The maximum atomic E-state index is 14.3. The van der Waals surface area contributed by atoms with Gasteiger partial charge in [0.25, 0.3) is 0 Å². The SMILES string of the molecule is CC(C)NCc1cccc(F)c1N1CCOCC1C(N)=O. The second-order valence-electron chi connectivity index (χ2n) is 5.47. The predicted octanol–water partition coefficient (Wildman–Crippen LogP) is 1.01. The monoisotopic (exact) mass is 295 g/mol. The molecule has 1 saturated heterocycles. The summed E-state index contributed by atoms with van der Waals surface area (Å²) >= 11 is 0. The molecule has 21 heavy (non-hydrogen) atoms. The summed E-state index contributed by atoms with van der Waals surface area (Å²) in [6.07, 6.45) is 0. The summed E-state index contributed by atoms with van der Waals surface area (Å²) in [5, 5.41) is 3.27. The van der Waals surface area contributed by atoms with E-state index in [1.165, 1.54) is 6.07 Å². The van der Waals surface area contributed by atoms with Gasteiger partial charge in [-0.05, 0) is 11.6 Å². The molecule has 6 heteroatoms. The van der Waals surface area contributed by atoms with Gasteiger partial charge >= 0.3 is 0 Å². The molecule has 1 heterocycles. The molecule has 116 valence electrons. The first-order valence-electron chi connectivity index (χ1n) is 7.15. The fourth-order valence-corrected chi connectivity index (χ4v) is 2.45. The van der Waals surface area contributed by atoms with Crippen LogP contribution < -0.4 is 16.0 Å². The largest absolute Gasteiger partial charge is 0.377 e. The number of rotatable bonds is 5. The standard InChI is InChI=1S/C15H22FN3O2/c1-10(2)18-8-11-4-3-5-12(16)14(11)19-6-7-21-9-13(19)15(17)20/h3-5,10,13,18H,6-9H2,1-2H3,(H2,17,20). The van der Waals surface area contributed by atoms with Crippen molar-refractivity contribution < 1.29 is 13.9 Å². The van der Waals surface area contributed by atoms with Gasteiger partial charge in [-0.2, -0.15) is 0 Å². The number of hydrogen-bond acceptors (Lipinski definition) is 4. The number of nitrogens with one attached hydrogen (secondary N) is 1. The normalized spacial score (nSPS) is 19.0. The van der Waals surface area contributed by atoms with Crippen molar-refractivity contribution in [3.8, 4) is 0 Å². The summed E-state index contributed by atoms with van der Waals surface area (Å²) in [6, 6.07) is 4.60. The topological polar surface area (TPSA) is 67.6 Å². The Balaban J connectivity index is 2.33. The molecule has 1 fully saturated rings. The molecule has 0 aromatic heterocycles. The molecule has 1 aromatic carbocycles. The van der Waals surface area contributed by atoms with E-state index >= 15 is 0 Å². The van der Waals surface area contributed by atoms with Crippen molar-refractivity contribution in [3.63, 3.8) is 0 Å². The van der Waals surface area contributed by atoms with E-state index in [9.17, 15) is 9.18 Å². The highest BCUT2D eigenvalue weighted by Crippen LogP contribution is 2.28. The summed E-state index contributed by atoms with van der Waals surface area (Å²) in [5.74, 6) is -0.841. The van der Waals surface area contributed by atoms with E-state index in [1.54, 1.807) is 11.0 Å². The molecule has 1 aliphatic rings. The minimum atomic E-state index is -0.631. The molecule has 1 aliphatic heterocycles. The van der Waals surface area contributed by atoms with Gasteiger partial charge in [-0.15, -0.1) is 0 Å². The van der Waals surface area contributed by atoms with E-state index in [-0.39, 0.29) is 18.5 Å². The van der Waals surface area contributed by atoms with Crippen LogP contribution in [0, 0.1) is 5.82 Å². The van der Waals surface area contributed by atoms with Gasteiger partial charge in [-0.1, -0.05) is 26.0 Å². The van der Waals surface area contributed by atoms with Crippen molar-refractivity contribution in [1.29, 1.82) is 0 Å². The van der Waals surface area contributed by atoms with Crippen molar-refractivity contribution in [3.05, 3.63) is 29.6 Å². The molecular formula is C15H22FN3O2. The molecule has 3 N–H and O–H groups in total. The first-order valence-corrected chi connectivity index (χ1v) is 7.15. The lowest BCUT2D eigenvalue weighted by atomic mass is 10.1. The van der Waals surface area contributed by atoms with Gasteiger partial charge in [-0.3, -0.25) is 4.79 Å². The fraction of sp³-hybridized carbons (Fsp3) is 0.533. The lowest BCUT2D eigenvalue weighted by Gasteiger charge is -2.36. The average Bonchev–Trinajstić information content (AvgIpc) is 2.45. The lowest BCUT2D eigenvalue weighted by molar-refractivity contribution is -0.121. The highest BCUT2D eigenvalue weighted by molar-refractivity contribution is 5.84. The van der Waals surface area contributed by atoms with E-state index < -0.39 is 11.9 Å². The van der Waals surface area contributed by atoms with Gasteiger partial charge in [0.2, 0.25) is 5.91 Å². The number of nitrogens with two attached hydrogens (primary N) is 1. The maximum absolute atomic E-state index is 14.3. The highest BCUT2D eigenvalue weighted by Gasteiger charge is 2.30. The minimum Gasteiger partial charge on any atom is -0.377 e. The number of hydrogen-bond donors (Lipinski definition) is 2. The van der Waals surface area contributed by atoms with E-state index in [0.717, 1.165) is 5.56 Å². The Hall–Kier alpha value is -1.66. The number of anilines is 1. The van der Waals surface area contributed by atoms with Crippen molar-refractivity contribution in [2.24, 2.45) is 5.73 Å². The minimum absolute atomic E-state index is 0.195. The number of carbonyl (C=O) groups excluding carboxylic acids is 1. The van der Waals surface area contributed by atoms with Gasteiger partial charge in [0.15, 0.2) is 0 Å². The molecule has 1 unspecified atom stereocenters. The van der Waals surface area contributed by atoms with Gasteiger partial charge in [0.1, 0.15) is 11.9 Å². The van der Waals surface area contributed by atoms with Crippen LogP contribution in [-0.4, -0.2) is 37.7 Å². The smallest absolute Gasteiger partial charge is 0.242 e. The van der Waals surface area contributed by atoms with Gasteiger partial charge < -0.3 is 20.7 Å². The molecule has 1 aromatic rings. The maximum Gasteiger partial charge on any atom is 0.242 e. The van der Waals surface area contributed by atoms with Gasteiger partial charge in [-0.25, -0.2) is 4.39 Å². The number of morpholine rings is 1. The molecule has 2 rings (SSSR count). The molecule has 0 radical (unpaired) electrons. The molecular weight excluding hydrogens is 273 g/mol. The Morgan fingerprint density at radius 1 is 1.57 bits per heavy atom. The summed E-state index contributed by atoms with van der Waals surface area (Å²) in [4.78, 5) is 13.3. The molecule has 0 spiro atoms. The van der Waals surface area contributed by atoms with Crippen LogP contribution >= 0.6 is 0 Å². The van der Waals surface area contributed by atoms with E-state index in [4.69, 9.17) is 10.5 Å². The third-order valence-electron chi connectivity index (χ3n) is 3.52. The Morgan fingerprint density at radius 2 is 2.33 bits per heavy atom. The van der Waals surface area contributed by atoms with Gasteiger partial charge in [0, 0.05) is 19.1 Å². The van der Waals surface area contributed by atoms with E-state index in [0.29, 0.717) is 25.4 Å². The quantitative estimate of drug-likeness (QED) is 0.851. The molecule has 5 nitrogen and oxygen atoms in total. The van der Waals surface area contributed by atoms with Crippen molar-refractivity contribution in [2.45, 2.75) is 32.5 Å². The van der Waals surface area contributed by atoms with E-state index in [2.05, 4.69) is 5.32 Å². The van der Waals surface area contributed by atoms with Crippen LogP contribution in [0.3, 0.4) is 0 Å². The number of halogens is 1. The summed E-state index contributed by atoms with van der Waals surface area (Å²) in [7, 11) is 0. The Morgan fingerprint density at radius 3 is 3.00 bits per heavy atom. The highest BCUT2D eigenvalue weighted by atomic mass is 19.1. The van der Waals surface area contributed by atoms with Crippen LogP contribution in [0.5, 0.6) is 0 Å². The fourth-order valence-electron chi connectivity index (χ4n) is 2.45. The predicted molar refractivity (Wildman–Crippen MR) is 79.5 cm³/mol. The third-order valence-corrected chi connectivity index (χ3v) is 3.52. The Kier molecular flexibility index (Phi) is 5.14. The Labute approximate surface area is 124 Å². The van der Waals surface area contributed by atoms with Crippen LogP contribution in [0.25, 0.3) is 0 Å². The molecule has 0 saturated carbocycles. The summed E-state index contributed by atoms with van der Waals surface area (Å²) < 4.78 is 19.6. The van der Waals surface area contributed by atoms with Crippen LogP contribution in [0.2, 0.25) is 0 Å². The molecule has 1 amide bonds. The zero-order valence-electron chi connectivity index (χ0n) is 12.4. The molecule has 0 aliphatic carbocycles. The van der Waals surface area contributed by atoms with Crippen molar-refractivity contribution in [2.75, 3.05) is 24.7 Å². The number of carbonyl (C=O) groups is 1. The first kappa shape index (κ1) is 15.7. The van der Waals surface area contributed by atoms with Gasteiger partial charge in [0.05, 0.1) is 18.9 Å². The summed E-state index contributed by atoms with van der Waals surface area (Å²) in [5.41, 5.74) is 6.68. The second kappa shape index (κ2) is 6.87. The van der Waals surface area contributed by atoms with Crippen LogP contribution in [-0.2, 0) is 16.1 Å². The second-order valence-corrected chi connectivity index (χ2v) is 5.47. The van der Waals surface area contributed by atoms with Crippen molar-refractivity contribution in [1.82, 2.24) is 5.32 Å². The Bertz CT molecular complexity index is 508. The number of primary amides is 1. The summed E-state index contributed by atoms with van der Waals surface area (Å²) in [6.45, 7) is 5.69. The first-order chi connectivity index (χ1) is 10.0. The average molecular weight is 295 g/mol. The lowest BCUT2D eigenvalue weighted by Crippen LogP contribution is -2.53. The van der Waals surface area contributed by atoms with E-state index in [1.807, 2.05) is 19.9 Å².